The average Bonchev–Trinajstić information content (AvgIpc) is 2.46. The van der Waals surface area contributed by atoms with Gasteiger partial charge in [-0.05, 0) is 30.2 Å². The Morgan fingerprint density at radius 3 is 2.00 bits per heavy atom. The van der Waals surface area contributed by atoms with Crippen LogP contribution in [0.4, 0.5) is 0 Å². The monoisotopic (exact) mass is 258 g/mol. The van der Waals surface area contributed by atoms with Crippen molar-refractivity contribution in [3.8, 4) is 11.5 Å². The molecule has 0 aliphatic rings. The Morgan fingerprint density at radius 2 is 1.42 bits per heavy atom. The smallest absolute Gasteiger partial charge is 0.161 e. The number of hydrogen-bond acceptors (Lipinski definition) is 3. The topological polar surface area (TPSA) is 38.7 Å². The third-order valence-electron chi connectivity index (χ3n) is 3.12. The molecule has 0 spiro atoms. The van der Waals surface area contributed by atoms with Crippen LogP contribution in [0.3, 0.4) is 0 Å². The third kappa shape index (κ3) is 2.88. The van der Waals surface area contributed by atoms with Crippen molar-refractivity contribution in [2.24, 2.45) is 0 Å². The highest BCUT2D eigenvalue weighted by Crippen LogP contribution is 2.32. The first kappa shape index (κ1) is 13.4. The third-order valence-corrected chi connectivity index (χ3v) is 3.12. The maximum Gasteiger partial charge on any atom is 0.161 e. The zero-order valence-electron chi connectivity index (χ0n) is 11.4. The molecule has 2 aromatic carbocycles. The number of ether oxygens (including phenoxy) is 2. The minimum absolute atomic E-state index is 0.617. The molecule has 2 aromatic rings. The molecule has 0 aromatic heterocycles. The summed E-state index contributed by atoms with van der Waals surface area (Å²) in [6, 6.07) is 13.3. The molecule has 0 aliphatic heterocycles. The van der Waals surface area contributed by atoms with Crippen LogP contribution in [-0.2, 0) is 0 Å². The van der Waals surface area contributed by atoms with Crippen molar-refractivity contribution in [1.29, 1.82) is 0 Å². The largest absolute Gasteiger partial charge is 0.493 e. The van der Waals surface area contributed by atoms with E-state index in [9.17, 15) is 5.11 Å². The summed E-state index contributed by atoms with van der Waals surface area (Å²) in [6.07, 6.45) is -0.666. The second kappa shape index (κ2) is 5.76. The molecule has 0 aliphatic carbocycles. The second-order valence-electron chi connectivity index (χ2n) is 4.43. The van der Waals surface area contributed by atoms with Gasteiger partial charge in [-0.25, -0.2) is 0 Å². The summed E-state index contributed by atoms with van der Waals surface area (Å²) in [5.41, 5.74) is 2.81. The second-order valence-corrected chi connectivity index (χ2v) is 4.43. The van der Waals surface area contributed by atoms with Gasteiger partial charge in [0, 0.05) is 0 Å². The van der Waals surface area contributed by atoms with Crippen LogP contribution in [0.5, 0.6) is 11.5 Å². The van der Waals surface area contributed by atoms with Crippen LogP contribution in [0, 0.1) is 6.92 Å². The Morgan fingerprint density at radius 1 is 0.842 bits per heavy atom. The summed E-state index contributed by atoms with van der Waals surface area (Å²) in [4.78, 5) is 0. The molecule has 0 fully saturated rings. The molecule has 3 heteroatoms. The molecule has 2 rings (SSSR count). The van der Waals surface area contributed by atoms with Crippen molar-refractivity contribution in [1.82, 2.24) is 0 Å². The van der Waals surface area contributed by atoms with Crippen LogP contribution < -0.4 is 9.47 Å². The fourth-order valence-corrected chi connectivity index (χ4v) is 1.96. The normalized spacial score (nSPS) is 12.0. The highest BCUT2D eigenvalue weighted by atomic mass is 16.5. The maximum absolute atomic E-state index is 10.4. The van der Waals surface area contributed by atoms with Crippen molar-refractivity contribution < 1.29 is 14.6 Å². The van der Waals surface area contributed by atoms with Crippen molar-refractivity contribution in [3.63, 3.8) is 0 Å². The molecule has 0 amide bonds. The lowest BCUT2D eigenvalue weighted by molar-refractivity contribution is 0.219. The number of rotatable bonds is 4. The van der Waals surface area contributed by atoms with Crippen molar-refractivity contribution in [2.45, 2.75) is 13.0 Å². The first-order chi connectivity index (χ1) is 9.15. The molecule has 19 heavy (non-hydrogen) atoms. The lowest BCUT2D eigenvalue weighted by Gasteiger charge is -2.14. The van der Waals surface area contributed by atoms with Gasteiger partial charge in [0.1, 0.15) is 6.10 Å². The van der Waals surface area contributed by atoms with E-state index in [0.29, 0.717) is 11.5 Å². The van der Waals surface area contributed by atoms with E-state index in [4.69, 9.17) is 9.47 Å². The van der Waals surface area contributed by atoms with Gasteiger partial charge in [0.05, 0.1) is 14.2 Å². The first-order valence-electron chi connectivity index (χ1n) is 6.12. The predicted molar refractivity (Wildman–Crippen MR) is 74.8 cm³/mol. The van der Waals surface area contributed by atoms with Gasteiger partial charge in [-0.2, -0.15) is 0 Å². The van der Waals surface area contributed by atoms with Crippen molar-refractivity contribution in [3.05, 3.63) is 59.2 Å². The zero-order valence-corrected chi connectivity index (χ0v) is 11.4. The number of aryl methyl sites for hydroxylation is 1. The summed E-state index contributed by atoms with van der Waals surface area (Å²) in [6.45, 7) is 2.02. The summed E-state index contributed by atoms with van der Waals surface area (Å²) < 4.78 is 10.4. The fraction of sp³-hybridized carbons (Fsp3) is 0.250. The van der Waals surface area contributed by atoms with Crippen molar-refractivity contribution >= 4 is 0 Å². The summed E-state index contributed by atoms with van der Waals surface area (Å²) in [5.74, 6) is 1.27. The lowest BCUT2D eigenvalue weighted by Crippen LogP contribution is -2.01. The number of aliphatic hydroxyl groups is 1. The number of hydrogen-bond donors (Lipinski definition) is 1. The minimum Gasteiger partial charge on any atom is -0.493 e. The molecule has 3 nitrogen and oxygen atoms in total. The summed E-state index contributed by atoms with van der Waals surface area (Å²) in [7, 11) is 3.17. The highest BCUT2D eigenvalue weighted by Gasteiger charge is 2.13. The van der Waals surface area contributed by atoms with E-state index in [-0.39, 0.29) is 0 Å². The van der Waals surface area contributed by atoms with Crippen LogP contribution in [0.2, 0.25) is 0 Å². The average molecular weight is 258 g/mol. The van der Waals surface area contributed by atoms with Crippen LogP contribution in [-0.4, -0.2) is 19.3 Å². The van der Waals surface area contributed by atoms with Crippen LogP contribution in [0.25, 0.3) is 0 Å². The van der Waals surface area contributed by atoms with Gasteiger partial charge >= 0.3 is 0 Å². The van der Waals surface area contributed by atoms with Gasteiger partial charge < -0.3 is 14.6 Å². The zero-order chi connectivity index (χ0) is 13.8. The quantitative estimate of drug-likeness (QED) is 0.915. The van der Waals surface area contributed by atoms with E-state index < -0.39 is 6.10 Å². The van der Waals surface area contributed by atoms with E-state index in [1.54, 1.807) is 26.4 Å². The fourth-order valence-electron chi connectivity index (χ4n) is 1.96. The van der Waals surface area contributed by atoms with Crippen molar-refractivity contribution in [2.75, 3.05) is 14.2 Å². The molecule has 1 N–H and O–H groups in total. The number of methoxy groups -OCH3 is 2. The molecule has 0 saturated carbocycles. The molecule has 0 unspecified atom stereocenters. The Balaban J connectivity index is 2.33. The molecule has 1 atom stereocenters. The van der Waals surface area contributed by atoms with E-state index in [2.05, 4.69) is 0 Å². The molecular weight excluding hydrogens is 240 g/mol. The Hall–Kier alpha value is -2.00. The Bertz CT molecular complexity index is 546. The Labute approximate surface area is 113 Å². The molecule has 0 saturated heterocycles. The lowest BCUT2D eigenvalue weighted by atomic mass is 10.0. The summed E-state index contributed by atoms with van der Waals surface area (Å²) >= 11 is 0. The molecule has 100 valence electrons. The van der Waals surface area contributed by atoms with E-state index in [1.807, 2.05) is 37.3 Å². The van der Waals surface area contributed by atoms with Gasteiger partial charge in [-0.3, -0.25) is 0 Å². The van der Waals surface area contributed by atoms with Gasteiger partial charge in [-0.15, -0.1) is 0 Å². The van der Waals surface area contributed by atoms with E-state index >= 15 is 0 Å². The van der Waals surface area contributed by atoms with Gasteiger partial charge in [0.15, 0.2) is 11.5 Å². The molecular formula is C16H18O3. The van der Waals surface area contributed by atoms with E-state index in [0.717, 1.165) is 11.1 Å². The molecule has 0 bridgehead atoms. The number of benzene rings is 2. The maximum atomic E-state index is 10.4. The first-order valence-corrected chi connectivity index (χ1v) is 6.12. The van der Waals surface area contributed by atoms with E-state index in [1.165, 1.54) is 5.56 Å². The highest BCUT2D eigenvalue weighted by molar-refractivity contribution is 5.45. The standard InChI is InChI=1S/C16H18O3/c1-11-4-6-12(7-5-11)16(17)13-8-9-14(18-2)15(10-13)19-3/h4-10,16-17H,1-3H3/t16-/m1/s1. The minimum atomic E-state index is -0.666. The number of aliphatic hydroxyl groups excluding tert-OH is 1. The van der Waals surface area contributed by atoms with Crippen LogP contribution in [0.1, 0.15) is 22.8 Å². The van der Waals surface area contributed by atoms with Gasteiger partial charge in [0.2, 0.25) is 0 Å². The van der Waals surface area contributed by atoms with Gasteiger partial charge in [0.25, 0.3) is 0 Å². The summed E-state index contributed by atoms with van der Waals surface area (Å²) in [5, 5.41) is 10.4. The Kier molecular flexibility index (Phi) is 4.07. The van der Waals surface area contributed by atoms with Gasteiger partial charge in [-0.1, -0.05) is 35.9 Å². The molecule has 0 heterocycles. The molecule has 0 radical (unpaired) electrons. The van der Waals surface area contributed by atoms with Crippen LogP contribution in [0.15, 0.2) is 42.5 Å². The van der Waals surface area contributed by atoms with Crippen LogP contribution >= 0.6 is 0 Å². The SMILES string of the molecule is COc1ccc([C@H](O)c2ccc(C)cc2)cc1OC. The predicted octanol–water partition coefficient (Wildman–Crippen LogP) is 3.09.